The fraction of sp³-hybridized carbons (Fsp3) is 0.400. The molecule has 29 heavy (non-hydrogen) atoms. The van der Waals surface area contributed by atoms with Crippen molar-refractivity contribution >= 4 is 9.84 Å². The third kappa shape index (κ3) is 3.29. The van der Waals surface area contributed by atoms with E-state index >= 15 is 0 Å². The zero-order chi connectivity index (χ0) is 20.8. The van der Waals surface area contributed by atoms with E-state index in [4.69, 9.17) is 9.47 Å². The highest BCUT2D eigenvalue weighted by atomic mass is 32.2. The molecular formula is C20H24N4O4S. The van der Waals surface area contributed by atoms with Gasteiger partial charge in [0, 0.05) is 12.4 Å². The van der Waals surface area contributed by atoms with Gasteiger partial charge in [-0.1, -0.05) is 6.07 Å². The molecule has 8 nitrogen and oxygen atoms in total. The Labute approximate surface area is 170 Å². The first kappa shape index (κ1) is 19.5. The number of hydrogen-bond donors (Lipinski definition) is 0. The largest absolute Gasteiger partial charge is 0.493 e. The number of methoxy groups -OCH3 is 2. The third-order valence-corrected chi connectivity index (χ3v) is 7.12. The van der Waals surface area contributed by atoms with Gasteiger partial charge in [-0.05, 0) is 32.4 Å². The van der Waals surface area contributed by atoms with Gasteiger partial charge in [0.25, 0.3) is 0 Å². The maximum atomic E-state index is 11.9. The number of aryl methyl sites for hydroxylation is 1. The van der Waals surface area contributed by atoms with Crippen LogP contribution in [0.4, 0.5) is 0 Å². The summed E-state index contributed by atoms with van der Waals surface area (Å²) in [4.78, 5) is 4.55. The minimum Gasteiger partial charge on any atom is -0.493 e. The van der Waals surface area contributed by atoms with Crippen LogP contribution in [-0.2, 0) is 9.84 Å². The highest BCUT2D eigenvalue weighted by molar-refractivity contribution is 7.91. The van der Waals surface area contributed by atoms with Gasteiger partial charge in [-0.15, -0.1) is 0 Å². The van der Waals surface area contributed by atoms with Crippen molar-refractivity contribution in [3.63, 3.8) is 0 Å². The second kappa shape index (κ2) is 7.22. The topological polar surface area (TPSA) is 88.2 Å². The number of benzene rings is 1. The predicted octanol–water partition coefficient (Wildman–Crippen LogP) is 2.73. The van der Waals surface area contributed by atoms with E-state index in [1.165, 1.54) is 0 Å². The molecule has 0 N–H and O–H groups in total. The quantitative estimate of drug-likeness (QED) is 0.635. The Kier molecular flexibility index (Phi) is 4.85. The van der Waals surface area contributed by atoms with Crippen LogP contribution < -0.4 is 9.47 Å². The average Bonchev–Trinajstić information content (AvgIpc) is 3.38. The summed E-state index contributed by atoms with van der Waals surface area (Å²) in [6.45, 7) is 3.89. The monoisotopic (exact) mass is 416 g/mol. The lowest BCUT2D eigenvalue weighted by atomic mass is 10.1. The molecule has 1 unspecified atom stereocenters. The molecule has 1 aliphatic heterocycles. The fourth-order valence-corrected chi connectivity index (χ4v) is 5.77. The molecule has 1 aromatic carbocycles. The van der Waals surface area contributed by atoms with Crippen LogP contribution in [0, 0.1) is 13.8 Å². The number of hydrogen-bond acceptors (Lipinski definition) is 6. The lowest BCUT2D eigenvalue weighted by molar-refractivity contribution is 0.356. The van der Waals surface area contributed by atoms with Crippen molar-refractivity contribution in [3.05, 3.63) is 42.0 Å². The van der Waals surface area contributed by atoms with Crippen LogP contribution in [0.3, 0.4) is 0 Å². The smallest absolute Gasteiger partial charge is 0.171 e. The molecule has 0 radical (unpaired) electrons. The van der Waals surface area contributed by atoms with Gasteiger partial charge in [0.1, 0.15) is 5.82 Å². The van der Waals surface area contributed by atoms with Gasteiger partial charge in [0.15, 0.2) is 21.3 Å². The first-order valence-corrected chi connectivity index (χ1v) is 11.2. The molecule has 1 saturated heterocycles. The number of sulfone groups is 1. The summed E-state index contributed by atoms with van der Waals surface area (Å²) in [5.41, 5.74) is 3.41. The molecule has 0 aliphatic carbocycles. The van der Waals surface area contributed by atoms with Crippen LogP contribution in [0.2, 0.25) is 0 Å². The molecule has 3 heterocycles. The summed E-state index contributed by atoms with van der Waals surface area (Å²) in [5, 5.41) is 4.67. The van der Waals surface area contributed by atoms with E-state index in [0.29, 0.717) is 23.7 Å². The molecule has 0 spiro atoms. The van der Waals surface area contributed by atoms with E-state index in [1.807, 2.05) is 47.5 Å². The number of aromatic nitrogens is 4. The zero-order valence-electron chi connectivity index (χ0n) is 16.9. The number of nitrogens with zero attached hydrogens (tertiary/aromatic N) is 4. The van der Waals surface area contributed by atoms with Crippen LogP contribution in [0.5, 0.6) is 11.5 Å². The number of rotatable bonds is 5. The van der Waals surface area contributed by atoms with Gasteiger partial charge in [0.05, 0.1) is 54.4 Å². The molecule has 0 amide bonds. The Morgan fingerprint density at radius 2 is 1.97 bits per heavy atom. The van der Waals surface area contributed by atoms with Gasteiger partial charge < -0.3 is 9.47 Å². The van der Waals surface area contributed by atoms with E-state index in [1.54, 1.807) is 20.4 Å². The molecule has 154 valence electrons. The summed E-state index contributed by atoms with van der Waals surface area (Å²) in [5.74, 6) is 2.27. The van der Waals surface area contributed by atoms with Gasteiger partial charge in [-0.25, -0.2) is 13.4 Å². The highest BCUT2D eigenvalue weighted by Gasteiger charge is 2.32. The standard InChI is InChI=1S/C20H24N4O4S/c1-13-18(14(2)24(22-13)15-8-11-29(25,26)12-15)23-10-9-21-20(23)16-6-5-7-17(27-3)19(16)28-4/h5-7,9-10,15H,8,11-12H2,1-4H3. The maximum Gasteiger partial charge on any atom is 0.171 e. The van der Waals surface area contributed by atoms with E-state index in [-0.39, 0.29) is 17.5 Å². The van der Waals surface area contributed by atoms with Crippen molar-refractivity contribution < 1.29 is 17.9 Å². The Bertz CT molecular complexity index is 1160. The molecule has 1 atom stereocenters. The molecule has 4 rings (SSSR count). The summed E-state index contributed by atoms with van der Waals surface area (Å²) in [6.07, 6.45) is 4.19. The van der Waals surface area contributed by atoms with Gasteiger partial charge in [-0.3, -0.25) is 9.25 Å². The van der Waals surface area contributed by atoms with Crippen LogP contribution in [0.25, 0.3) is 17.1 Å². The zero-order valence-corrected chi connectivity index (χ0v) is 17.7. The molecule has 3 aromatic rings. The van der Waals surface area contributed by atoms with Crippen molar-refractivity contribution in [2.45, 2.75) is 26.3 Å². The van der Waals surface area contributed by atoms with Crippen molar-refractivity contribution in [1.29, 1.82) is 0 Å². The lowest BCUT2D eigenvalue weighted by Gasteiger charge is -2.15. The maximum absolute atomic E-state index is 11.9. The molecule has 9 heteroatoms. The number of imidazole rings is 1. The minimum atomic E-state index is -3.00. The van der Waals surface area contributed by atoms with Crippen LogP contribution in [0.1, 0.15) is 23.9 Å². The Hall–Kier alpha value is -2.81. The number of para-hydroxylation sites is 1. The van der Waals surface area contributed by atoms with E-state index in [0.717, 1.165) is 22.6 Å². The normalized spacial score (nSPS) is 18.1. The summed E-state index contributed by atoms with van der Waals surface area (Å²) in [6, 6.07) is 5.52. The third-order valence-electron chi connectivity index (χ3n) is 5.37. The first-order chi connectivity index (χ1) is 13.9. The lowest BCUT2D eigenvalue weighted by Crippen LogP contribution is -2.14. The molecular weight excluding hydrogens is 392 g/mol. The summed E-state index contributed by atoms with van der Waals surface area (Å²) in [7, 11) is 0.204. The average molecular weight is 417 g/mol. The minimum absolute atomic E-state index is 0.134. The second-order valence-corrected chi connectivity index (χ2v) is 9.41. The Morgan fingerprint density at radius 3 is 2.62 bits per heavy atom. The van der Waals surface area contributed by atoms with E-state index < -0.39 is 9.84 Å². The van der Waals surface area contributed by atoms with Crippen LogP contribution in [-0.4, -0.2) is 53.5 Å². The Balaban J connectivity index is 1.83. The summed E-state index contributed by atoms with van der Waals surface area (Å²) < 4.78 is 38.7. The molecule has 2 aromatic heterocycles. The molecule has 0 bridgehead atoms. The molecule has 1 aliphatic rings. The predicted molar refractivity (Wildman–Crippen MR) is 110 cm³/mol. The van der Waals surface area contributed by atoms with E-state index in [2.05, 4.69) is 10.1 Å². The second-order valence-electron chi connectivity index (χ2n) is 7.18. The highest BCUT2D eigenvalue weighted by Crippen LogP contribution is 2.38. The first-order valence-electron chi connectivity index (χ1n) is 9.37. The van der Waals surface area contributed by atoms with Gasteiger partial charge in [-0.2, -0.15) is 5.10 Å². The van der Waals surface area contributed by atoms with Crippen molar-refractivity contribution in [2.75, 3.05) is 25.7 Å². The SMILES string of the molecule is COc1cccc(-c2nccn2-c2c(C)nn(C3CCS(=O)(=O)C3)c2C)c1OC. The Morgan fingerprint density at radius 1 is 1.17 bits per heavy atom. The summed E-state index contributed by atoms with van der Waals surface area (Å²) >= 11 is 0. The van der Waals surface area contributed by atoms with Crippen LogP contribution >= 0.6 is 0 Å². The van der Waals surface area contributed by atoms with Crippen LogP contribution in [0.15, 0.2) is 30.6 Å². The van der Waals surface area contributed by atoms with Crippen molar-refractivity contribution in [2.24, 2.45) is 0 Å². The van der Waals surface area contributed by atoms with E-state index in [9.17, 15) is 8.42 Å². The fourth-order valence-electron chi connectivity index (χ4n) is 4.07. The van der Waals surface area contributed by atoms with Crippen molar-refractivity contribution in [3.8, 4) is 28.6 Å². The van der Waals surface area contributed by atoms with Gasteiger partial charge >= 0.3 is 0 Å². The van der Waals surface area contributed by atoms with Crippen molar-refractivity contribution in [1.82, 2.24) is 19.3 Å². The molecule has 1 fully saturated rings. The van der Waals surface area contributed by atoms with Gasteiger partial charge in [0.2, 0.25) is 0 Å². The molecule has 0 saturated carbocycles. The number of ether oxygens (including phenoxy) is 2.